The van der Waals surface area contributed by atoms with Crippen LogP contribution in [0.1, 0.15) is 70.9 Å². The molecule has 9 nitrogen and oxygen atoms in total. The van der Waals surface area contributed by atoms with Gasteiger partial charge >= 0.3 is 6.09 Å². The molecule has 0 radical (unpaired) electrons. The van der Waals surface area contributed by atoms with Crippen molar-refractivity contribution >= 4 is 12.0 Å². The monoisotopic (exact) mass is 470 g/mol. The number of anilines is 1. The highest BCUT2D eigenvalue weighted by molar-refractivity contribution is 5.68. The van der Waals surface area contributed by atoms with Crippen LogP contribution >= 0.6 is 0 Å². The molecule has 2 aromatic heterocycles. The first-order valence-electron chi connectivity index (χ1n) is 12.4. The molecule has 186 valence electrons. The van der Waals surface area contributed by atoms with E-state index in [1.54, 1.807) is 12.0 Å². The predicted octanol–water partition coefficient (Wildman–Crippen LogP) is 4.59. The van der Waals surface area contributed by atoms with E-state index in [1.165, 1.54) is 0 Å². The van der Waals surface area contributed by atoms with Gasteiger partial charge in [0.15, 0.2) is 0 Å². The average Bonchev–Trinajstić information content (AvgIpc) is 3.30. The molecule has 1 amide bonds. The third-order valence-corrected chi connectivity index (χ3v) is 6.68. The van der Waals surface area contributed by atoms with E-state index in [4.69, 9.17) is 14.5 Å². The van der Waals surface area contributed by atoms with Crippen molar-refractivity contribution in [2.24, 2.45) is 0 Å². The van der Waals surface area contributed by atoms with E-state index in [0.717, 1.165) is 55.3 Å². The van der Waals surface area contributed by atoms with Gasteiger partial charge in [-0.3, -0.25) is 4.68 Å². The summed E-state index contributed by atoms with van der Waals surface area (Å²) in [6.45, 7) is 9.01. The van der Waals surface area contributed by atoms with Crippen molar-refractivity contribution in [3.63, 3.8) is 0 Å². The predicted molar refractivity (Wildman–Crippen MR) is 131 cm³/mol. The van der Waals surface area contributed by atoms with Crippen LogP contribution in [0.2, 0.25) is 0 Å². The Morgan fingerprint density at radius 2 is 1.79 bits per heavy atom. The van der Waals surface area contributed by atoms with Crippen molar-refractivity contribution in [1.82, 2.24) is 24.6 Å². The van der Waals surface area contributed by atoms with Crippen molar-refractivity contribution in [2.45, 2.75) is 90.0 Å². The highest BCUT2D eigenvalue weighted by Gasteiger charge is 2.27. The molecule has 3 heterocycles. The van der Waals surface area contributed by atoms with Gasteiger partial charge < -0.3 is 19.7 Å². The Bertz CT molecular complexity index is 969. The minimum Gasteiger partial charge on any atom is -0.444 e. The maximum Gasteiger partial charge on any atom is 0.410 e. The second-order valence-corrected chi connectivity index (χ2v) is 10.5. The molecule has 9 heteroatoms. The fourth-order valence-electron chi connectivity index (χ4n) is 4.72. The van der Waals surface area contributed by atoms with Gasteiger partial charge in [-0.2, -0.15) is 5.10 Å². The van der Waals surface area contributed by atoms with Crippen LogP contribution in [0.4, 0.5) is 10.7 Å². The number of likely N-dealkylation sites (tertiary alicyclic amines) is 1. The molecule has 1 N–H and O–H groups in total. The Labute approximate surface area is 202 Å². The highest BCUT2D eigenvalue weighted by atomic mass is 16.6. The van der Waals surface area contributed by atoms with E-state index in [9.17, 15) is 4.79 Å². The third kappa shape index (κ3) is 6.05. The quantitative estimate of drug-likeness (QED) is 0.683. The summed E-state index contributed by atoms with van der Waals surface area (Å²) in [6.07, 6.45) is 12.0. The smallest absolute Gasteiger partial charge is 0.410 e. The molecule has 1 aliphatic heterocycles. The van der Waals surface area contributed by atoms with Crippen molar-refractivity contribution < 1.29 is 14.3 Å². The number of nitrogens with zero attached hydrogens (tertiary/aromatic N) is 5. The van der Waals surface area contributed by atoms with Crippen LogP contribution in [0.25, 0.3) is 11.3 Å². The zero-order valence-corrected chi connectivity index (χ0v) is 21.1. The topological polar surface area (TPSA) is 94.4 Å². The second kappa shape index (κ2) is 10.3. The summed E-state index contributed by atoms with van der Waals surface area (Å²) in [4.78, 5) is 23.4. The van der Waals surface area contributed by atoms with E-state index >= 15 is 0 Å². The lowest BCUT2D eigenvalue weighted by molar-refractivity contribution is 0.0210. The minimum absolute atomic E-state index is 0.216. The number of hydrogen-bond donors (Lipinski definition) is 1. The number of aryl methyl sites for hydroxylation is 1. The number of carbonyl (C=O) groups is 1. The van der Waals surface area contributed by atoms with Crippen LogP contribution in [0.3, 0.4) is 0 Å². The molecule has 2 aliphatic rings. The van der Waals surface area contributed by atoms with Gasteiger partial charge in [-0.05, 0) is 71.8 Å². The molecule has 34 heavy (non-hydrogen) atoms. The van der Waals surface area contributed by atoms with Gasteiger partial charge in [-0.25, -0.2) is 14.8 Å². The summed E-state index contributed by atoms with van der Waals surface area (Å²) < 4.78 is 13.1. The van der Waals surface area contributed by atoms with Gasteiger partial charge in [0.2, 0.25) is 5.95 Å². The van der Waals surface area contributed by atoms with E-state index in [-0.39, 0.29) is 12.1 Å². The van der Waals surface area contributed by atoms with Crippen LogP contribution < -0.4 is 5.32 Å². The Morgan fingerprint density at radius 1 is 1.09 bits per heavy atom. The summed E-state index contributed by atoms with van der Waals surface area (Å²) in [5.41, 5.74) is 2.46. The van der Waals surface area contributed by atoms with Gasteiger partial charge in [0.05, 0.1) is 24.0 Å². The van der Waals surface area contributed by atoms with E-state index in [2.05, 4.69) is 26.3 Å². The molecule has 2 fully saturated rings. The first kappa shape index (κ1) is 24.4. The average molecular weight is 471 g/mol. The fraction of sp³-hybridized carbons (Fsp3) is 0.680. The Morgan fingerprint density at radius 3 is 2.44 bits per heavy atom. The molecule has 0 unspecified atom stereocenters. The zero-order chi connectivity index (χ0) is 24.3. The molecule has 1 aliphatic carbocycles. The molecular formula is C25H38N6O3. The summed E-state index contributed by atoms with van der Waals surface area (Å²) in [6, 6.07) is 0.628. The first-order valence-corrected chi connectivity index (χ1v) is 12.4. The van der Waals surface area contributed by atoms with Gasteiger partial charge in [0.25, 0.3) is 0 Å². The lowest BCUT2D eigenvalue weighted by atomic mass is 9.93. The summed E-state index contributed by atoms with van der Waals surface area (Å²) in [7, 11) is 1.80. The number of methoxy groups -OCH3 is 1. The maximum atomic E-state index is 12.3. The summed E-state index contributed by atoms with van der Waals surface area (Å²) >= 11 is 0. The third-order valence-electron chi connectivity index (χ3n) is 6.68. The lowest BCUT2D eigenvalue weighted by Crippen LogP contribution is -2.44. The highest BCUT2D eigenvalue weighted by Crippen LogP contribution is 2.31. The van der Waals surface area contributed by atoms with Crippen molar-refractivity contribution in [3.05, 3.63) is 24.2 Å². The number of carbonyl (C=O) groups excluding carboxylic acids is 1. The van der Waals surface area contributed by atoms with Gasteiger partial charge in [-0.15, -0.1) is 0 Å². The lowest BCUT2D eigenvalue weighted by Gasteiger charge is -2.33. The number of hydrogen-bond acceptors (Lipinski definition) is 7. The number of aromatic nitrogens is 4. The van der Waals surface area contributed by atoms with Crippen LogP contribution in [-0.2, 0) is 9.47 Å². The maximum absolute atomic E-state index is 12.3. The van der Waals surface area contributed by atoms with Crippen molar-refractivity contribution in [1.29, 1.82) is 0 Å². The van der Waals surface area contributed by atoms with Crippen molar-refractivity contribution in [2.75, 3.05) is 25.5 Å². The molecule has 2 aromatic rings. The van der Waals surface area contributed by atoms with Crippen LogP contribution in [0.5, 0.6) is 0 Å². The number of piperidine rings is 1. The zero-order valence-electron chi connectivity index (χ0n) is 21.1. The van der Waals surface area contributed by atoms with Gasteiger partial charge in [0.1, 0.15) is 5.60 Å². The molecule has 4 rings (SSSR count). The molecule has 0 spiro atoms. The molecular weight excluding hydrogens is 432 g/mol. The molecule has 1 saturated carbocycles. The Hall–Kier alpha value is -2.68. The summed E-state index contributed by atoms with van der Waals surface area (Å²) in [5.74, 6) is 0.615. The molecule has 0 atom stereocenters. The Kier molecular flexibility index (Phi) is 7.40. The SMILES string of the molecule is COC1CCC(n2cc(-c3nc(NC4CCN(C(=O)OC(C)(C)C)CC4)ncc3C)cn2)CC1. The fourth-order valence-corrected chi connectivity index (χ4v) is 4.72. The van der Waals surface area contributed by atoms with E-state index in [1.807, 2.05) is 40.1 Å². The number of nitrogens with one attached hydrogen (secondary N) is 1. The number of ether oxygens (including phenoxy) is 2. The van der Waals surface area contributed by atoms with Crippen LogP contribution in [0, 0.1) is 6.92 Å². The van der Waals surface area contributed by atoms with Crippen LogP contribution in [-0.4, -0.2) is 68.7 Å². The molecule has 0 aromatic carbocycles. The minimum atomic E-state index is -0.477. The molecule has 0 bridgehead atoms. The number of amides is 1. The van der Waals surface area contributed by atoms with Gasteiger partial charge in [-0.1, -0.05) is 0 Å². The largest absolute Gasteiger partial charge is 0.444 e. The normalized spacial score (nSPS) is 22.0. The first-order chi connectivity index (χ1) is 16.2. The summed E-state index contributed by atoms with van der Waals surface area (Å²) in [5, 5.41) is 8.11. The molecule has 1 saturated heterocycles. The number of rotatable bonds is 5. The van der Waals surface area contributed by atoms with E-state index in [0.29, 0.717) is 31.2 Å². The van der Waals surface area contributed by atoms with Crippen LogP contribution in [0.15, 0.2) is 18.6 Å². The van der Waals surface area contributed by atoms with E-state index < -0.39 is 5.60 Å². The second-order valence-electron chi connectivity index (χ2n) is 10.5. The standard InChI is InChI=1S/C25H38N6O3/c1-17-14-26-23(28-19-10-12-30(13-11-19)24(32)34-25(2,3)4)29-22(17)18-15-27-31(16-18)20-6-8-21(33-5)9-7-20/h14-16,19-21H,6-13H2,1-5H3,(H,26,28,29). The van der Waals surface area contributed by atoms with Crippen molar-refractivity contribution in [3.8, 4) is 11.3 Å². The van der Waals surface area contributed by atoms with Gasteiger partial charge in [0, 0.05) is 44.2 Å². The Balaban J connectivity index is 1.36.